The van der Waals surface area contributed by atoms with Crippen LogP contribution in [0.5, 0.6) is 0 Å². The molecule has 0 saturated carbocycles. The summed E-state index contributed by atoms with van der Waals surface area (Å²) in [4.78, 5) is 3.28. The molecule has 0 unspecified atom stereocenters. The summed E-state index contributed by atoms with van der Waals surface area (Å²) >= 11 is 5.21. The third-order valence-corrected chi connectivity index (χ3v) is 11.0. The Kier molecular flexibility index (Phi) is 6.37. The number of anilines is 3. The van der Waals surface area contributed by atoms with Crippen molar-refractivity contribution in [2.45, 2.75) is 26.2 Å². The molecule has 0 bridgehead atoms. The van der Waals surface area contributed by atoms with Crippen LogP contribution in [0.1, 0.15) is 31.2 Å². The summed E-state index contributed by atoms with van der Waals surface area (Å²) < 4.78 is 6.16. The van der Waals surface area contributed by atoms with Crippen LogP contribution in [-0.4, -0.2) is 0 Å². The molecule has 42 heavy (non-hydrogen) atoms. The molecule has 7 rings (SSSR count). The van der Waals surface area contributed by atoms with Crippen molar-refractivity contribution >= 4 is 96.8 Å². The highest BCUT2D eigenvalue weighted by atomic mass is 32.1. The Morgan fingerprint density at radius 2 is 1.31 bits per heavy atom. The highest BCUT2D eigenvalue weighted by Crippen LogP contribution is 2.45. The fourth-order valence-corrected chi connectivity index (χ4v) is 9.01. The zero-order valence-electron chi connectivity index (χ0n) is 23.3. The minimum atomic E-state index is 0.0781. The van der Waals surface area contributed by atoms with Crippen LogP contribution in [0.3, 0.4) is 0 Å². The lowest BCUT2D eigenvalue weighted by atomic mass is 9.87. The van der Waals surface area contributed by atoms with Crippen molar-refractivity contribution in [1.29, 1.82) is 10.5 Å². The van der Waals surface area contributed by atoms with E-state index < -0.39 is 0 Å². The minimum absolute atomic E-state index is 0.0781. The van der Waals surface area contributed by atoms with Crippen molar-refractivity contribution in [2.75, 3.05) is 4.90 Å². The second kappa shape index (κ2) is 10.1. The predicted molar refractivity (Wildman–Crippen MR) is 183 cm³/mol. The van der Waals surface area contributed by atoms with Crippen LogP contribution >= 0.6 is 34.0 Å². The molecule has 0 aliphatic heterocycles. The van der Waals surface area contributed by atoms with Gasteiger partial charge in [-0.15, -0.1) is 34.0 Å². The van der Waals surface area contributed by atoms with E-state index in [0.717, 1.165) is 21.9 Å². The number of fused-ring (bicyclic) bond motifs is 6. The van der Waals surface area contributed by atoms with E-state index in [9.17, 15) is 10.5 Å². The molecule has 3 heterocycles. The standard InChI is InChI=1S/C36H25N3S3/c1-36(2,3)23-8-10-24(11-9-23)39(25-13-15-32-30(17-25)28-6-4-5-7-31(28)41-32)26-12-14-29-33(18-26)42-34-19-27(40-35(29)34)16-22(20-37)21-38/h4-19H,1-3H3. The molecule has 0 aliphatic carbocycles. The second-order valence-electron chi connectivity index (χ2n) is 11.3. The van der Waals surface area contributed by atoms with Gasteiger partial charge in [0.1, 0.15) is 17.7 Å². The lowest BCUT2D eigenvalue weighted by molar-refractivity contribution is 0.590. The van der Waals surface area contributed by atoms with Gasteiger partial charge in [-0.25, -0.2) is 0 Å². The van der Waals surface area contributed by atoms with Crippen molar-refractivity contribution in [2.24, 2.45) is 0 Å². The van der Waals surface area contributed by atoms with Crippen molar-refractivity contribution in [3.63, 3.8) is 0 Å². The Labute approximate surface area is 256 Å². The fraction of sp³-hybridized carbons (Fsp3) is 0.111. The van der Waals surface area contributed by atoms with Gasteiger partial charge in [-0.3, -0.25) is 0 Å². The number of allylic oxidation sites excluding steroid dienone is 1. The van der Waals surface area contributed by atoms with Gasteiger partial charge in [0.25, 0.3) is 0 Å². The van der Waals surface area contributed by atoms with Crippen LogP contribution in [0.25, 0.3) is 45.7 Å². The van der Waals surface area contributed by atoms with E-state index in [1.54, 1.807) is 28.7 Å². The average molecular weight is 596 g/mol. The second-order valence-corrected chi connectivity index (χ2v) is 14.6. The van der Waals surface area contributed by atoms with Crippen LogP contribution in [0.2, 0.25) is 0 Å². The molecule has 4 aromatic carbocycles. The number of benzene rings is 4. The molecule has 3 nitrogen and oxygen atoms in total. The average Bonchev–Trinajstić information content (AvgIpc) is 3.66. The number of thiophene rings is 3. The van der Waals surface area contributed by atoms with Crippen LogP contribution in [0.15, 0.2) is 96.6 Å². The van der Waals surface area contributed by atoms with Gasteiger partial charge in [-0.1, -0.05) is 57.2 Å². The molecule has 0 fully saturated rings. The first-order valence-electron chi connectivity index (χ1n) is 13.6. The summed E-state index contributed by atoms with van der Waals surface area (Å²) in [5, 5.41) is 22.1. The summed E-state index contributed by atoms with van der Waals surface area (Å²) in [6.45, 7) is 6.73. The number of rotatable bonds is 4. The highest BCUT2D eigenvalue weighted by molar-refractivity contribution is 7.33. The van der Waals surface area contributed by atoms with E-state index in [2.05, 4.69) is 117 Å². The molecule has 7 aromatic rings. The summed E-state index contributed by atoms with van der Waals surface area (Å²) in [5.41, 5.74) is 4.86. The number of hydrogen-bond acceptors (Lipinski definition) is 6. The largest absolute Gasteiger partial charge is 0.310 e. The molecule has 0 N–H and O–H groups in total. The maximum atomic E-state index is 9.17. The van der Waals surface area contributed by atoms with Crippen molar-refractivity contribution in [1.82, 2.24) is 0 Å². The SMILES string of the molecule is CC(C)(C)c1ccc(N(c2ccc3c(c2)sc2cc(C=C(C#N)C#N)sc23)c2ccc3sc4ccccc4c3c2)cc1. The first kappa shape index (κ1) is 26.4. The summed E-state index contributed by atoms with van der Waals surface area (Å²) in [7, 11) is 0. The summed E-state index contributed by atoms with van der Waals surface area (Å²) in [6.07, 6.45) is 1.67. The van der Waals surface area contributed by atoms with Gasteiger partial charge in [-0.2, -0.15) is 10.5 Å². The van der Waals surface area contributed by atoms with Gasteiger partial charge >= 0.3 is 0 Å². The van der Waals surface area contributed by atoms with Gasteiger partial charge < -0.3 is 4.90 Å². The third kappa shape index (κ3) is 4.55. The van der Waals surface area contributed by atoms with Crippen LogP contribution < -0.4 is 4.90 Å². The predicted octanol–water partition coefficient (Wildman–Crippen LogP) is 11.7. The molecule has 0 saturated heterocycles. The Balaban J connectivity index is 1.38. The minimum Gasteiger partial charge on any atom is -0.310 e. The highest BCUT2D eigenvalue weighted by Gasteiger charge is 2.19. The Morgan fingerprint density at radius 1 is 0.643 bits per heavy atom. The van der Waals surface area contributed by atoms with Crippen molar-refractivity contribution < 1.29 is 0 Å². The zero-order chi connectivity index (χ0) is 29.0. The topological polar surface area (TPSA) is 50.8 Å². The summed E-state index contributed by atoms with van der Waals surface area (Å²) in [5.74, 6) is 0. The molecule has 3 aromatic heterocycles. The molecule has 0 amide bonds. The van der Waals surface area contributed by atoms with Crippen LogP contribution in [0, 0.1) is 22.7 Å². The summed E-state index contributed by atoms with van der Waals surface area (Å²) in [6, 6.07) is 37.1. The van der Waals surface area contributed by atoms with E-state index in [-0.39, 0.29) is 11.0 Å². The number of nitrogens with zero attached hydrogens (tertiary/aromatic N) is 3. The molecule has 0 aliphatic rings. The van der Waals surface area contributed by atoms with Gasteiger partial charge in [0.15, 0.2) is 0 Å². The van der Waals surface area contributed by atoms with Gasteiger partial charge in [-0.05, 0) is 71.7 Å². The Bertz CT molecular complexity index is 2240. The molecule has 202 valence electrons. The van der Waals surface area contributed by atoms with Crippen molar-refractivity contribution in [3.8, 4) is 12.1 Å². The molecule has 0 atom stereocenters. The van der Waals surface area contributed by atoms with Gasteiger partial charge in [0.2, 0.25) is 0 Å². The lowest BCUT2D eigenvalue weighted by Gasteiger charge is -2.27. The Morgan fingerprint density at radius 3 is 2.07 bits per heavy atom. The maximum Gasteiger partial charge on any atom is 0.131 e. The molecular formula is C36H25N3S3. The molecule has 0 radical (unpaired) electrons. The van der Waals surface area contributed by atoms with Crippen LogP contribution in [-0.2, 0) is 5.41 Å². The monoisotopic (exact) mass is 595 g/mol. The van der Waals surface area contributed by atoms with E-state index in [1.165, 1.54) is 45.2 Å². The fourth-order valence-electron chi connectivity index (χ4n) is 5.41. The number of hydrogen-bond donors (Lipinski definition) is 0. The lowest BCUT2D eigenvalue weighted by Crippen LogP contribution is -2.13. The van der Waals surface area contributed by atoms with Gasteiger partial charge in [0.05, 0.1) is 4.70 Å². The van der Waals surface area contributed by atoms with E-state index in [0.29, 0.717) is 0 Å². The molecule has 0 spiro atoms. The van der Waals surface area contributed by atoms with E-state index in [1.807, 2.05) is 23.5 Å². The van der Waals surface area contributed by atoms with Gasteiger partial charge in [0, 0.05) is 56.9 Å². The van der Waals surface area contributed by atoms with Crippen LogP contribution in [0.4, 0.5) is 17.1 Å². The molecule has 6 heteroatoms. The first-order valence-corrected chi connectivity index (χ1v) is 16.1. The smallest absolute Gasteiger partial charge is 0.131 e. The van der Waals surface area contributed by atoms with Crippen molar-refractivity contribution in [3.05, 3.63) is 107 Å². The quantitative estimate of drug-likeness (QED) is 0.190. The third-order valence-electron chi connectivity index (χ3n) is 7.54. The van der Waals surface area contributed by atoms with E-state index >= 15 is 0 Å². The zero-order valence-corrected chi connectivity index (χ0v) is 25.8. The first-order chi connectivity index (χ1) is 20.3. The molecular weight excluding hydrogens is 571 g/mol. The Hall–Kier alpha value is -4.46. The van der Waals surface area contributed by atoms with E-state index in [4.69, 9.17) is 0 Å². The normalized spacial score (nSPS) is 11.6. The maximum absolute atomic E-state index is 9.17. The number of nitriles is 2.